The summed E-state index contributed by atoms with van der Waals surface area (Å²) >= 11 is 1.07. The van der Waals surface area contributed by atoms with Gasteiger partial charge in [0.25, 0.3) is 11.7 Å². The van der Waals surface area contributed by atoms with Gasteiger partial charge in [0.05, 0.1) is 12.6 Å². The first kappa shape index (κ1) is 22.9. The second kappa shape index (κ2) is 10.5. The number of Topliss-reactive ketones (excluding diaryl/α,β-unsaturated/α-hetero) is 1. The monoisotopic (exact) mass is 454 g/mol. The van der Waals surface area contributed by atoms with Gasteiger partial charge in [0, 0.05) is 17.6 Å². The number of nitrogens with zero attached hydrogens (tertiary/aromatic N) is 2. The molecule has 0 radical (unpaired) electrons. The van der Waals surface area contributed by atoms with Crippen molar-refractivity contribution < 1.29 is 24.6 Å². The van der Waals surface area contributed by atoms with Crippen molar-refractivity contribution in [3.63, 3.8) is 0 Å². The fourth-order valence-corrected chi connectivity index (χ4v) is 3.51. The van der Waals surface area contributed by atoms with E-state index in [-0.39, 0.29) is 23.9 Å². The fraction of sp³-hybridized carbons (Fsp3) is 0.182. The molecule has 0 aliphatic rings. The maximum atomic E-state index is 12.1. The number of aliphatic hydroxyl groups excluding tert-OH is 1. The molecule has 5 N–H and O–H groups in total. The number of thiazole rings is 1. The average Bonchev–Trinajstić information content (AvgIpc) is 3.23. The molecule has 9 nitrogen and oxygen atoms in total. The summed E-state index contributed by atoms with van der Waals surface area (Å²) in [7, 11) is 0. The lowest BCUT2D eigenvalue weighted by molar-refractivity contribution is -0.112. The summed E-state index contributed by atoms with van der Waals surface area (Å²) in [6, 6.07) is 15.6. The Morgan fingerprint density at radius 1 is 1.09 bits per heavy atom. The van der Waals surface area contributed by atoms with Crippen LogP contribution >= 0.6 is 11.3 Å². The number of anilines is 2. The first-order valence-corrected chi connectivity index (χ1v) is 10.6. The summed E-state index contributed by atoms with van der Waals surface area (Å²) in [5.41, 5.74) is 7.38. The van der Waals surface area contributed by atoms with Crippen LogP contribution in [0, 0.1) is 0 Å². The van der Waals surface area contributed by atoms with Crippen LogP contribution in [-0.4, -0.2) is 51.0 Å². The van der Waals surface area contributed by atoms with Gasteiger partial charge in [0.1, 0.15) is 5.69 Å². The van der Waals surface area contributed by atoms with Gasteiger partial charge in [-0.2, -0.15) is 0 Å². The summed E-state index contributed by atoms with van der Waals surface area (Å²) in [6.45, 7) is 0.144. The van der Waals surface area contributed by atoms with Crippen LogP contribution in [0.3, 0.4) is 0 Å². The molecule has 0 unspecified atom stereocenters. The number of rotatable bonds is 9. The number of aliphatic hydroxyl groups is 1. The summed E-state index contributed by atoms with van der Waals surface area (Å²) in [6.07, 6.45) is -1.63. The van der Waals surface area contributed by atoms with Crippen molar-refractivity contribution >= 4 is 39.9 Å². The smallest absolute Gasteiger partial charge is 0.407 e. The molecule has 3 aromatic rings. The second-order valence-corrected chi connectivity index (χ2v) is 7.85. The molecule has 0 saturated carbocycles. The summed E-state index contributed by atoms with van der Waals surface area (Å²) < 4.78 is 0. The molecule has 3 rings (SSSR count). The van der Waals surface area contributed by atoms with Crippen LogP contribution in [0.2, 0.25) is 0 Å². The SMILES string of the molecule is Nc1nc(C(=O)C(=O)Nc2ccc(CCN(C[C@H](O)c3ccccc3)C(=O)O)cc2)cs1. The lowest BCUT2D eigenvalue weighted by Gasteiger charge is -2.22. The largest absolute Gasteiger partial charge is 0.465 e. The molecular weight excluding hydrogens is 432 g/mol. The Kier molecular flexibility index (Phi) is 7.53. The zero-order valence-corrected chi connectivity index (χ0v) is 17.8. The van der Waals surface area contributed by atoms with Gasteiger partial charge in [-0.05, 0) is 29.7 Å². The molecule has 2 amide bonds. The summed E-state index contributed by atoms with van der Waals surface area (Å²) in [5, 5.41) is 23.9. The van der Waals surface area contributed by atoms with Gasteiger partial charge in [-0.1, -0.05) is 42.5 Å². The lowest BCUT2D eigenvalue weighted by Crippen LogP contribution is -2.35. The van der Waals surface area contributed by atoms with Gasteiger partial charge in [-0.3, -0.25) is 9.59 Å². The van der Waals surface area contributed by atoms with E-state index in [1.165, 1.54) is 5.38 Å². The van der Waals surface area contributed by atoms with Crippen molar-refractivity contribution in [2.75, 3.05) is 24.1 Å². The minimum Gasteiger partial charge on any atom is -0.465 e. The highest BCUT2D eigenvalue weighted by Gasteiger charge is 2.20. The Morgan fingerprint density at radius 2 is 1.78 bits per heavy atom. The van der Waals surface area contributed by atoms with E-state index in [1.54, 1.807) is 48.5 Å². The number of benzene rings is 2. The second-order valence-electron chi connectivity index (χ2n) is 6.96. The highest BCUT2D eigenvalue weighted by Crippen LogP contribution is 2.16. The molecule has 0 spiro atoms. The number of carboxylic acid groups (broad SMARTS) is 1. The van der Waals surface area contributed by atoms with E-state index < -0.39 is 23.9 Å². The molecule has 1 atom stereocenters. The molecule has 0 aliphatic carbocycles. The maximum Gasteiger partial charge on any atom is 0.407 e. The van der Waals surface area contributed by atoms with Crippen molar-refractivity contribution in [3.8, 4) is 0 Å². The third kappa shape index (κ3) is 6.13. The molecule has 166 valence electrons. The summed E-state index contributed by atoms with van der Waals surface area (Å²) in [5.74, 6) is -1.61. The fourth-order valence-electron chi connectivity index (χ4n) is 2.97. The van der Waals surface area contributed by atoms with Gasteiger partial charge in [0.15, 0.2) is 5.13 Å². The van der Waals surface area contributed by atoms with Crippen molar-refractivity contribution in [1.82, 2.24) is 9.88 Å². The molecule has 1 heterocycles. The third-order valence-electron chi connectivity index (χ3n) is 4.69. The maximum absolute atomic E-state index is 12.1. The Balaban J connectivity index is 1.54. The van der Waals surface area contributed by atoms with Crippen LogP contribution < -0.4 is 11.1 Å². The number of hydrogen-bond donors (Lipinski definition) is 4. The predicted octanol–water partition coefficient (Wildman–Crippen LogP) is 2.80. The van der Waals surface area contributed by atoms with Crippen LogP contribution in [0.5, 0.6) is 0 Å². The van der Waals surface area contributed by atoms with E-state index in [9.17, 15) is 24.6 Å². The zero-order chi connectivity index (χ0) is 23.1. The van der Waals surface area contributed by atoms with Crippen molar-refractivity contribution in [2.24, 2.45) is 0 Å². The predicted molar refractivity (Wildman–Crippen MR) is 121 cm³/mol. The molecule has 32 heavy (non-hydrogen) atoms. The van der Waals surface area contributed by atoms with Crippen molar-refractivity contribution in [2.45, 2.75) is 12.5 Å². The number of carbonyl (C=O) groups is 3. The Hall–Kier alpha value is -3.76. The Labute approximate surface area is 188 Å². The highest BCUT2D eigenvalue weighted by molar-refractivity contribution is 7.13. The Morgan fingerprint density at radius 3 is 2.38 bits per heavy atom. The molecular formula is C22H22N4O5S. The van der Waals surface area contributed by atoms with Gasteiger partial charge in [0.2, 0.25) is 0 Å². The van der Waals surface area contributed by atoms with E-state index >= 15 is 0 Å². The number of hydrogen-bond acceptors (Lipinski definition) is 7. The van der Waals surface area contributed by atoms with Gasteiger partial charge in [-0.15, -0.1) is 11.3 Å². The molecule has 10 heteroatoms. The number of nitrogens with two attached hydrogens (primary N) is 1. The van der Waals surface area contributed by atoms with Crippen molar-refractivity contribution in [3.05, 3.63) is 76.8 Å². The third-order valence-corrected chi connectivity index (χ3v) is 5.37. The van der Waals surface area contributed by atoms with Crippen LogP contribution in [0.15, 0.2) is 60.0 Å². The number of ketones is 1. The number of nitrogens with one attached hydrogen (secondary N) is 1. The van der Waals surface area contributed by atoms with Gasteiger partial charge < -0.3 is 26.2 Å². The highest BCUT2D eigenvalue weighted by atomic mass is 32.1. The summed E-state index contributed by atoms with van der Waals surface area (Å²) in [4.78, 5) is 40.7. The molecule has 1 aromatic heterocycles. The number of carbonyl (C=O) groups excluding carboxylic acids is 2. The molecule has 0 fully saturated rings. The minimum absolute atomic E-state index is 0.00641. The zero-order valence-electron chi connectivity index (χ0n) is 17.0. The van der Waals surface area contributed by atoms with Gasteiger partial charge >= 0.3 is 6.09 Å². The van der Waals surface area contributed by atoms with E-state index in [2.05, 4.69) is 10.3 Å². The normalized spacial score (nSPS) is 11.5. The molecule has 0 aliphatic heterocycles. The number of amides is 2. The van der Waals surface area contributed by atoms with Crippen molar-refractivity contribution in [1.29, 1.82) is 0 Å². The van der Waals surface area contributed by atoms with Crippen LogP contribution in [0.1, 0.15) is 27.7 Å². The first-order valence-electron chi connectivity index (χ1n) is 9.70. The van der Waals surface area contributed by atoms with E-state index in [0.717, 1.165) is 21.8 Å². The Bertz CT molecular complexity index is 1090. The van der Waals surface area contributed by atoms with Crippen LogP contribution in [0.4, 0.5) is 15.6 Å². The molecule has 2 aromatic carbocycles. The molecule has 0 saturated heterocycles. The van der Waals surface area contributed by atoms with E-state index in [1.807, 2.05) is 6.07 Å². The topological polar surface area (TPSA) is 146 Å². The minimum atomic E-state index is -1.12. The number of nitrogen functional groups attached to an aromatic ring is 1. The van der Waals surface area contributed by atoms with Crippen LogP contribution in [0.25, 0.3) is 0 Å². The van der Waals surface area contributed by atoms with E-state index in [4.69, 9.17) is 5.73 Å². The quantitative estimate of drug-likeness (QED) is 0.287. The standard InChI is InChI=1S/C22H22N4O5S/c23-21-25-17(13-32-21)19(28)20(29)24-16-8-6-14(7-9-16)10-11-26(22(30)31)12-18(27)15-4-2-1-3-5-15/h1-9,13,18,27H,10-12H2,(H2,23,25)(H,24,29)(H,30,31)/t18-/m0/s1. The first-order chi connectivity index (χ1) is 15.3. The van der Waals surface area contributed by atoms with Crippen LogP contribution in [-0.2, 0) is 11.2 Å². The molecule has 0 bridgehead atoms. The van der Waals surface area contributed by atoms with E-state index in [0.29, 0.717) is 17.7 Å². The average molecular weight is 455 g/mol. The van der Waals surface area contributed by atoms with Gasteiger partial charge in [-0.25, -0.2) is 9.78 Å². The number of aromatic nitrogens is 1. The lowest BCUT2D eigenvalue weighted by atomic mass is 10.1.